The molecule has 1 N–H and O–H groups in total. The molecule has 238 valence electrons. The fraction of sp³-hybridized carbons (Fsp3) is 0.824. The SMILES string of the molecule is CCCCOC[C@@H](OCCCC)C1C(OCCCC)C([C@H](O)Sc2ccccc2)C(OCCCC)[C@@H]1OCCCC. The minimum atomic E-state index is -0.713. The van der Waals surface area contributed by atoms with Crippen molar-refractivity contribution in [1.82, 2.24) is 0 Å². The third-order valence-corrected chi connectivity index (χ3v) is 8.88. The summed E-state index contributed by atoms with van der Waals surface area (Å²) in [5, 5.41) is 11.9. The Morgan fingerprint density at radius 3 is 1.68 bits per heavy atom. The Hall–Kier alpha value is -0.670. The van der Waals surface area contributed by atoms with Gasteiger partial charge in [-0.2, -0.15) is 0 Å². The molecular formula is C34H60O6S. The van der Waals surface area contributed by atoms with E-state index in [0.29, 0.717) is 39.6 Å². The van der Waals surface area contributed by atoms with E-state index >= 15 is 0 Å². The Morgan fingerprint density at radius 2 is 1.12 bits per heavy atom. The van der Waals surface area contributed by atoms with Crippen LogP contribution in [0.4, 0.5) is 0 Å². The third kappa shape index (κ3) is 12.8. The lowest BCUT2D eigenvalue weighted by atomic mass is 9.94. The second-order valence-electron chi connectivity index (χ2n) is 11.2. The molecular weight excluding hydrogens is 536 g/mol. The van der Waals surface area contributed by atoms with Gasteiger partial charge in [0, 0.05) is 43.8 Å². The zero-order chi connectivity index (χ0) is 29.7. The first kappa shape index (κ1) is 36.5. The number of unbranched alkanes of at least 4 members (excludes halogenated alkanes) is 5. The van der Waals surface area contributed by atoms with Crippen LogP contribution in [-0.2, 0) is 23.7 Å². The van der Waals surface area contributed by atoms with Crippen LogP contribution >= 0.6 is 11.8 Å². The van der Waals surface area contributed by atoms with Crippen LogP contribution in [0.5, 0.6) is 0 Å². The highest BCUT2D eigenvalue weighted by molar-refractivity contribution is 7.99. The van der Waals surface area contributed by atoms with Crippen molar-refractivity contribution in [3.63, 3.8) is 0 Å². The first-order valence-electron chi connectivity index (χ1n) is 16.6. The number of rotatable bonds is 25. The van der Waals surface area contributed by atoms with Gasteiger partial charge in [0.1, 0.15) is 5.44 Å². The van der Waals surface area contributed by atoms with Crippen LogP contribution in [0.25, 0.3) is 0 Å². The molecule has 7 atom stereocenters. The first-order chi connectivity index (χ1) is 20.1. The van der Waals surface area contributed by atoms with Gasteiger partial charge in [0.05, 0.1) is 36.9 Å². The van der Waals surface area contributed by atoms with Crippen molar-refractivity contribution >= 4 is 11.8 Å². The number of benzene rings is 1. The van der Waals surface area contributed by atoms with Gasteiger partial charge in [-0.3, -0.25) is 0 Å². The van der Waals surface area contributed by atoms with Crippen LogP contribution < -0.4 is 0 Å². The largest absolute Gasteiger partial charge is 0.382 e. The highest BCUT2D eigenvalue weighted by atomic mass is 32.2. The van der Waals surface area contributed by atoms with Gasteiger partial charge in [0.15, 0.2) is 0 Å². The number of thioether (sulfide) groups is 1. The molecule has 0 radical (unpaired) electrons. The first-order valence-corrected chi connectivity index (χ1v) is 17.4. The Bertz CT molecular complexity index is 737. The van der Waals surface area contributed by atoms with Gasteiger partial charge < -0.3 is 28.8 Å². The summed E-state index contributed by atoms with van der Waals surface area (Å²) in [4.78, 5) is 1.03. The van der Waals surface area contributed by atoms with Crippen LogP contribution in [0.1, 0.15) is 98.8 Å². The number of aliphatic hydroxyl groups excluding tert-OH is 1. The predicted octanol–water partition coefficient (Wildman–Crippen LogP) is 7.90. The molecule has 41 heavy (non-hydrogen) atoms. The van der Waals surface area contributed by atoms with Crippen molar-refractivity contribution in [2.24, 2.45) is 11.8 Å². The van der Waals surface area contributed by atoms with Gasteiger partial charge in [-0.1, -0.05) is 96.7 Å². The van der Waals surface area contributed by atoms with Gasteiger partial charge >= 0.3 is 0 Å². The zero-order valence-corrected chi connectivity index (χ0v) is 27.5. The molecule has 0 bridgehead atoms. The van der Waals surface area contributed by atoms with Gasteiger partial charge in [0.2, 0.25) is 0 Å². The monoisotopic (exact) mass is 596 g/mol. The van der Waals surface area contributed by atoms with E-state index in [9.17, 15) is 5.11 Å². The Kier molecular flexibility index (Phi) is 20.3. The van der Waals surface area contributed by atoms with Crippen molar-refractivity contribution in [1.29, 1.82) is 0 Å². The van der Waals surface area contributed by atoms with Crippen LogP contribution in [0.3, 0.4) is 0 Å². The van der Waals surface area contributed by atoms with Gasteiger partial charge in [0.25, 0.3) is 0 Å². The molecule has 0 spiro atoms. The van der Waals surface area contributed by atoms with Crippen molar-refractivity contribution in [3.8, 4) is 0 Å². The summed E-state index contributed by atoms with van der Waals surface area (Å²) >= 11 is 1.48. The maximum atomic E-state index is 11.9. The molecule has 0 saturated heterocycles. The van der Waals surface area contributed by atoms with Crippen LogP contribution in [0.15, 0.2) is 35.2 Å². The summed E-state index contributed by atoms with van der Waals surface area (Å²) in [5.41, 5.74) is -0.713. The molecule has 0 heterocycles. The Labute approximate surface area is 255 Å². The highest BCUT2D eigenvalue weighted by Gasteiger charge is 2.58. The number of ether oxygens (including phenoxy) is 5. The molecule has 1 fully saturated rings. The van der Waals surface area contributed by atoms with Gasteiger partial charge in [-0.15, -0.1) is 0 Å². The van der Waals surface area contributed by atoms with Crippen molar-refractivity contribution in [2.75, 3.05) is 39.6 Å². The van der Waals surface area contributed by atoms with E-state index in [2.05, 4.69) is 34.6 Å². The molecule has 0 amide bonds. The smallest absolute Gasteiger partial charge is 0.112 e. The van der Waals surface area contributed by atoms with E-state index in [4.69, 9.17) is 23.7 Å². The summed E-state index contributed by atoms with van der Waals surface area (Å²) in [6.07, 6.45) is 9.23. The summed E-state index contributed by atoms with van der Waals surface area (Å²) in [5.74, 6) is -0.372. The van der Waals surface area contributed by atoms with Crippen molar-refractivity contribution in [2.45, 2.75) is 134 Å². The lowest BCUT2D eigenvalue weighted by Gasteiger charge is -2.34. The van der Waals surface area contributed by atoms with E-state index in [0.717, 1.165) is 69.1 Å². The fourth-order valence-corrected chi connectivity index (χ4v) is 6.41. The second-order valence-corrected chi connectivity index (χ2v) is 12.4. The Balaban J connectivity index is 2.50. The van der Waals surface area contributed by atoms with Gasteiger partial charge in [-0.25, -0.2) is 0 Å². The molecule has 0 aliphatic heterocycles. The molecule has 4 unspecified atom stereocenters. The van der Waals surface area contributed by atoms with E-state index < -0.39 is 5.44 Å². The summed E-state index contributed by atoms with van der Waals surface area (Å²) in [6, 6.07) is 10.1. The summed E-state index contributed by atoms with van der Waals surface area (Å²) in [7, 11) is 0. The quantitative estimate of drug-likeness (QED) is 0.0699. The van der Waals surface area contributed by atoms with E-state index in [1.165, 1.54) is 11.8 Å². The van der Waals surface area contributed by atoms with Crippen molar-refractivity contribution in [3.05, 3.63) is 30.3 Å². The Morgan fingerprint density at radius 1 is 0.634 bits per heavy atom. The maximum Gasteiger partial charge on any atom is 0.112 e. The molecule has 1 aromatic rings. The molecule has 1 aliphatic carbocycles. The topological polar surface area (TPSA) is 66.4 Å². The number of hydrogen-bond donors (Lipinski definition) is 1. The average molecular weight is 597 g/mol. The maximum absolute atomic E-state index is 11.9. The zero-order valence-electron chi connectivity index (χ0n) is 26.6. The average Bonchev–Trinajstić information content (AvgIpc) is 3.28. The molecule has 1 aromatic carbocycles. The molecule has 1 aliphatic rings. The van der Waals surface area contributed by atoms with Crippen LogP contribution in [-0.4, -0.2) is 74.6 Å². The molecule has 6 nitrogen and oxygen atoms in total. The molecule has 7 heteroatoms. The normalized spacial score (nSPS) is 24.1. The van der Waals surface area contributed by atoms with E-state index in [1.807, 2.05) is 30.3 Å². The summed E-state index contributed by atoms with van der Waals surface area (Å²) < 4.78 is 33.0. The molecule has 2 rings (SSSR count). The molecule has 0 aromatic heterocycles. The fourth-order valence-electron chi connectivity index (χ4n) is 5.35. The van der Waals surface area contributed by atoms with Crippen LogP contribution in [0.2, 0.25) is 0 Å². The highest BCUT2D eigenvalue weighted by Crippen LogP contribution is 2.46. The van der Waals surface area contributed by atoms with Crippen molar-refractivity contribution < 1.29 is 28.8 Å². The lowest BCUT2D eigenvalue weighted by Crippen LogP contribution is -2.44. The number of hydrogen-bond acceptors (Lipinski definition) is 7. The lowest BCUT2D eigenvalue weighted by molar-refractivity contribution is -0.135. The minimum absolute atomic E-state index is 0.107. The van der Waals surface area contributed by atoms with E-state index in [-0.39, 0.29) is 36.3 Å². The third-order valence-electron chi connectivity index (χ3n) is 7.78. The second kappa shape index (κ2) is 22.8. The van der Waals surface area contributed by atoms with E-state index in [1.54, 1.807) is 0 Å². The number of aliphatic hydroxyl groups is 1. The van der Waals surface area contributed by atoms with Gasteiger partial charge in [-0.05, 0) is 44.2 Å². The standard InChI is InChI=1S/C34H60O6S/c1-6-11-21-36-26-28(37-22-12-7-2)29-31(38-23-13-8-3)30(34(35)41-27-19-17-16-18-20-27)33(40-25-15-10-5)32(29)39-24-14-9-4/h16-20,28-35H,6-15,21-26H2,1-5H3/t28-,29?,30?,31?,32-,33?,34-/m1/s1. The van der Waals surface area contributed by atoms with Crippen LogP contribution in [0, 0.1) is 11.8 Å². The molecule has 1 saturated carbocycles. The predicted molar refractivity (Wildman–Crippen MR) is 170 cm³/mol. The summed E-state index contributed by atoms with van der Waals surface area (Å²) in [6.45, 7) is 14.7. The minimum Gasteiger partial charge on any atom is -0.382 e.